The number of anilines is 1. The lowest BCUT2D eigenvalue weighted by Gasteiger charge is -2.40. The Morgan fingerprint density at radius 1 is 0.976 bits per heavy atom. The molecule has 9 heteroatoms. The molecule has 0 unspecified atom stereocenters. The first-order chi connectivity index (χ1) is 20.1. The number of carboxylic acids is 2. The molecular formula is C33H38N2O7. The van der Waals surface area contributed by atoms with Gasteiger partial charge in [-0.2, -0.15) is 0 Å². The number of hydrogen-bond acceptors (Lipinski definition) is 7. The quantitative estimate of drug-likeness (QED) is 0.206. The fourth-order valence-corrected chi connectivity index (χ4v) is 5.17. The molecule has 4 rings (SSSR count). The van der Waals surface area contributed by atoms with Crippen LogP contribution in [0.15, 0.2) is 71.9 Å². The zero-order valence-electron chi connectivity index (χ0n) is 24.5. The van der Waals surface area contributed by atoms with Gasteiger partial charge >= 0.3 is 11.9 Å². The van der Waals surface area contributed by atoms with Gasteiger partial charge in [-0.25, -0.2) is 9.59 Å². The zero-order valence-corrected chi connectivity index (χ0v) is 24.5. The van der Waals surface area contributed by atoms with Crippen molar-refractivity contribution in [2.45, 2.75) is 45.1 Å². The van der Waals surface area contributed by atoms with Gasteiger partial charge in [-0.15, -0.1) is 0 Å². The van der Waals surface area contributed by atoms with E-state index in [1.165, 1.54) is 12.7 Å². The van der Waals surface area contributed by atoms with Crippen molar-refractivity contribution in [3.05, 3.63) is 94.5 Å². The minimum absolute atomic E-state index is 0.0564. The molecule has 3 aromatic carbocycles. The summed E-state index contributed by atoms with van der Waals surface area (Å²) >= 11 is 0. The molecule has 0 saturated carbocycles. The van der Waals surface area contributed by atoms with Crippen molar-refractivity contribution in [3.8, 4) is 5.75 Å². The highest BCUT2D eigenvalue weighted by Gasteiger charge is 2.32. The molecule has 1 atom stereocenters. The number of ether oxygens (including phenoxy) is 2. The largest absolute Gasteiger partial charge is 0.492 e. The maximum atomic E-state index is 11.4. The third kappa shape index (κ3) is 7.28. The van der Waals surface area contributed by atoms with Crippen molar-refractivity contribution in [1.29, 1.82) is 0 Å². The monoisotopic (exact) mass is 574 g/mol. The number of oxime groups is 1. The molecule has 0 spiro atoms. The average Bonchev–Trinajstić information content (AvgIpc) is 2.97. The number of rotatable bonds is 13. The average molecular weight is 575 g/mol. The second-order valence-electron chi connectivity index (χ2n) is 10.8. The topological polar surface area (TPSA) is 118 Å². The molecule has 0 bridgehead atoms. The molecule has 2 N–H and O–H groups in total. The summed E-state index contributed by atoms with van der Waals surface area (Å²) in [6.07, 6.45) is 0.406. The molecule has 0 aromatic heterocycles. The Morgan fingerprint density at radius 2 is 1.64 bits per heavy atom. The molecule has 1 aliphatic rings. The minimum atomic E-state index is -0.977. The van der Waals surface area contributed by atoms with Gasteiger partial charge in [0.2, 0.25) is 0 Å². The summed E-state index contributed by atoms with van der Waals surface area (Å²) in [6.45, 7) is 8.69. The van der Waals surface area contributed by atoms with E-state index in [4.69, 9.17) is 14.3 Å². The molecule has 0 radical (unpaired) electrons. The van der Waals surface area contributed by atoms with Gasteiger partial charge in [-0.1, -0.05) is 49.3 Å². The van der Waals surface area contributed by atoms with Crippen LogP contribution < -0.4 is 9.64 Å². The molecule has 222 valence electrons. The van der Waals surface area contributed by atoms with E-state index in [9.17, 15) is 19.8 Å². The molecule has 1 heterocycles. The van der Waals surface area contributed by atoms with Crippen LogP contribution in [0, 0.1) is 0 Å². The van der Waals surface area contributed by atoms with Crippen molar-refractivity contribution in [2.75, 3.05) is 38.3 Å². The van der Waals surface area contributed by atoms with E-state index in [1.54, 1.807) is 31.2 Å². The second-order valence-corrected chi connectivity index (χ2v) is 10.8. The van der Waals surface area contributed by atoms with Crippen LogP contribution in [0.25, 0.3) is 0 Å². The van der Waals surface area contributed by atoms with Crippen LogP contribution >= 0.6 is 0 Å². The van der Waals surface area contributed by atoms with E-state index >= 15 is 0 Å². The van der Waals surface area contributed by atoms with Gasteiger partial charge in [0, 0.05) is 36.4 Å². The number of carboxylic acid groups (broad SMARTS) is 2. The third-order valence-corrected chi connectivity index (χ3v) is 7.55. The molecule has 42 heavy (non-hydrogen) atoms. The predicted octanol–water partition coefficient (Wildman–Crippen LogP) is 5.38. The Labute approximate surface area is 246 Å². The summed E-state index contributed by atoms with van der Waals surface area (Å²) in [5.74, 6) is -1.22. The predicted molar refractivity (Wildman–Crippen MR) is 161 cm³/mol. The standard InChI is InChI=1S/C33H38N2O7/c1-5-41-29(32(38)39)20-22-6-13-26(14-7-22)42-19-18-35-17-16-33(2,3)27-21-25(12-15-28(27)35)30(34-40-4)23-8-10-24(11-9-23)31(36)37/h6-15,21,29H,5,16-20H2,1-4H3,(H,36,37)(H,38,39)/b34-30+/t29-/m0/s1. The van der Waals surface area contributed by atoms with Crippen LogP contribution in [0.1, 0.15) is 59.8 Å². The Morgan fingerprint density at radius 3 is 2.26 bits per heavy atom. The number of aliphatic carboxylic acids is 1. The van der Waals surface area contributed by atoms with E-state index in [-0.39, 0.29) is 11.0 Å². The van der Waals surface area contributed by atoms with Gasteiger partial charge in [0.25, 0.3) is 0 Å². The molecular weight excluding hydrogens is 536 g/mol. The van der Waals surface area contributed by atoms with Crippen LogP contribution in [0.3, 0.4) is 0 Å². The van der Waals surface area contributed by atoms with Gasteiger partial charge in [0.05, 0.1) is 12.1 Å². The molecule has 0 aliphatic carbocycles. The number of nitrogens with zero attached hydrogens (tertiary/aromatic N) is 2. The van der Waals surface area contributed by atoms with Crippen LogP contribution in [0.2, 0.25) is 0 Å². The summed E-state index contributed by atoms with van der Waals surface area (Å²) in [5.41, 5.74) is 5.66. The Kier molecular flexibility index (Phi) is 9.85. The van der Waals surface area contributed by atoms with Crippen LogP contribution in [0.5, 0.6) is 5.75 Å². The third-order valence-electron chi connectivity index (χ3n) is 7.55. The van der Waals surface area contributed by atoms with Gasteiger partial charge in [-0.05, 0) is 66.3 Å². The first-order valence-electron chi connectivity index (χ1n) is 14.0. The van der Waals surface area contributed by atoms with Gasteiger partial charge < -0.3 is 29.4 Å². The summed E-state index contributed by atoms with van der Waals surface area (Å²) < 4.78 is 11.4. The Hall–Kier alpha value is -4.37. The lowest BCUT2D eigenvalue weighted by Crippen LogP contribution is -2.39. The number of fused-ring (bicyclic) bond motifs is 1. The van der Waals surface area contributed by atoms with Crippen molar-refractivity contribution >= 4 is 23.3 Å². The SMILES string of the molecule is CCO[C@@H](Cc1ccc(OCCN2CCC(C)(C)c3cc(/C(=N/OC)c4ccc(C(=O)O)cc4)ccc32)cc1)C(=O)O. The lowest BCUT2D eigenvalue weighted by molar-refractivity contribution is -0.149. The van der Waals surface area contributed by atoms with E-state index in [2.05, 4.69) is 36.0 Å². The highest BCUT2D eigenvalue weighted by molar-refractivity contribution is 6.13. The number of carbonyl (C=O) groups is 2. The maximum absolute atomic E-state index is 11.4. The van der Waals surface area contributed by atoms with E-state index in [0.29, 0.717) is 31.9 Å². The lowest BCUT2D eigenvalue weighted by atomic mass is 9.76. The molecule has 0 amide bonds. The zero-order chi connectivity index (χ0) is 30.3. The molecule has 1 aliphatic heterocycles. The van der Waals surface area contributed by atoms with Gasteiger partial charge in [-0.3, -0.25) is 0 Å². The first kappa shape index (κ1) is 30.6. The molecule has 0 saturated heterocycles. The van der Waals surface area contributed by atoms with Crippen molar-refractivity contribution in [2.24, 2.45) is 5.16 Å². The normalized spacial score (nSPS) is 15.0. The fraction of sp³-hybridized carbons (Fsp3) is 0.364. The fourth-order valence-electron chi connectivity index (χ4n) is 5.17. The second kappa shape index (κ2) is 13.5. The van der Waals surface area contributed by atoms with Gasteiger partial charge in [0.1, 0.15) is 25.2 Å². The van der Waals surface area contributed by atoms with E-state index in [1.807, 2.05) is 30.3 Å². The maximum Gasteiger partial charge on any atom is 0.335 e. The van der Waals surface area contributed by atoms with Crippen LogP contribution in [0.4, 0.5) is 5.69 Å². The molecule has 9 nitrogen and oxygen atoms in total. The van der Waals surface area contributed by atoms with Crippen LogP contribution in [-0.4, -0.2) is 67.4 Å². The number of hydrogen-bond donors (Lipinski definition) is 2. The summed E-state index contributed by atoms with van der Waals surface area (Å²) in [4.78, 5) is 30.2. The number of benzene rings is 3. The number of aromatic carboxylic acids is 1. The highest BCUT2D eigenvalue weighted by Crippen LogP contribution is 2.40. The first-order valence-corrected chi connectivity index (χ1v) is 14.0. The highest BCUT2D eigenvalue weighted by atomic mass is 16.6. The van der Waals surface area contributed by atoms with Crippen molar-refractivity contribution in [1.82, 2.24) is 0 Å². The summed E-state index contributed by atoms with van der Waals surface area (Å²) in [5, 5.41) is 22.9. The Balaban J connectivity index is 1.46. The van der Waals surface area contributed by atoms with E-state index < -0.39 is 18.0 Å². The van der Waals surface area contributed by atoms with Crippen LogP contribution in [-0.2, 0) is 26.2 Å². The molecule has 0 fully saturated rings. The summed E-state index contributed by atoms with van der Waals surface area (Å²) in [6, 6.07) is 20.4. The van der Waals surface area contributed by atoms with E-state index in [0.717, 1.165) is 41.1 Å². The Bertz CT molecular complexity index is 1420. The van der Waals surface area contributed by atoms with Gasteiger partial charge in [0.15, 0.2) is 6.10 Å². The summed E-state index contributed by atoms with van der Waals surface area (Å²) in [7, 11) is 1.50. The minimum Gasteiger partial charge on any atom is -0.492 e. The molecule has 3 aromatic rings. The van der Waals surface area contributed by atoms with Crippen molar-refractivity contribution in [3.63, 3.8) is 0 Å². The van der Waals surface area contributed by atoms with Crippen molar-refractivity contribution < 1.29 is 34.1 Å². The smallest absolute Gasteiger partial charge is 0.335 e.